The third-order valence-corrected chi connectivity index (χ3v) is 6.74. The van der Waals surface area contributed by atoms with Crippen molar-refractivity contribution < 1.29 is 18.0 Å². The molecule has 1 aliphatic heterocycles. The van der Waals surface area contributed by atoms with Gasteiger partial charge in [0.15, 0.2) is 0 Å². The first-order chi connectivity index (χ1) is 18.7. The summed E-state index contributed by atoms with van der Waals surface area (Å²) in [6.45, 7) is 5.05. The number of pyridine rings is 2. The van der Waals surface area contributed by atoms with Crippen LogP contribution in [0.25, 0.3) is 5.65 Å². The highest BCUT2D eigenvalue weighted by molar-refractivity contribution is 6.03. The molecular weight excluding hydrogens is 505 g/mol. The molecule has 39 heavy (non-hydrogen) atoms. The first-order valence-electron chi connectivity index (χ1n) is 12.5. The van der Waals surface area contributed by atoms with E-state index < -0.39 is 17.6 Å². The van der Waals surface area contributed by atoms with Crippen LogP contribution in [0.4, 0.5) is 18.9 Å². The molecule has 3 aromatic heterocycles. The molecular formula is C29H27F3N6O. The predicted molar refractivity (Wildman–Crippen MR) is 142 cm³/mol. The summed E-state index contributed by atoms with van der Waals surface area (Å²) in [5, 5.41) is 2.56. The van der Waals surface area contributed by atoms with E-state index >= 15 is 0 Å². The highest BCUT2D eigenvalue weighted by Crippen LogP contribution is 2.34. The van der Waals surface area contributed by atoms with Crippen molar-refractivity contribution in [1.29, 1.82) is 0 Å². The molecule has 0 unspecified atom stereocenters. The van der Waals surface area contributed by atoms with Gasteiger partial charge in [0.25, 0.3) is 5.91 Å². The number of benzene rings is 1. The third-order valence-electron chi connectivity index (χ3n) is 6.74. The maximum absolute atomic E-state index is 13.9. The maximum Gasteiger partial charge on any atom is 0.416 e. The second kappa shape index (κ2) is 10.9. The van der Waals surface area contributed by atoms with Crippen LogP contribution in [0.1, 0.15) is 38.4 Å². The molecule has 1 aliphatic rings. The monoisotopic (exact) mass is 532 g/mol. The van der Waals surface area contributed by atoms with E-state index in [9.17, 15) is 18.0 Å². The number of fused-ring (bicyclic) bond motifs is 1. The molecule has 1 N–H and O–H groups in total. The largest absolute Gasteiger partial charge is 0.416 e. The topological polar surface area (TPSA) is 65.8 Å². The van der Waals surface area contributed by atoms with E-state index in [2.05, 4.69) is 32.0 Å². The molecule has 4 heterocycles. The van der Waals surface area contributed by atoms with Gasteiger partial charge in [-0.15, -0.1) is 0 Å². The molecule has 5 rings (SSSR count). The predicted octanol–water partition coefficient (Wildman–Crippen LogP) is 4.46. The number of carbonyl (C=O) groups is 1. The van der Waals surface area contributed by atoms with Crippen molar-refractivity contribution in [2.45, 2.75) is 19.6 Å². The van der Waals surface area contributed by atoms with E-state index in [0.717, 1.165) is 30.4 Å². The Morgan fingerprint density at radius 3 is 2.59 bits per heavy atom. The minimum atomic E-state index is -4.55. The molecule has 0 bridgehead atoms. The minimum absolute atomic E-state index is 0.0511. The number of amides is 1. The lowest BCUT2D eigenvalue weighted by atomic mass is 10.0. The van der Waals surface area contributed by atoms with Gasteiger partial charge >= 0.3 is 6.18 Å². The number of aromatic nitrogens is 3. The van der Waals surface area contributed by atoms with Crippen LogP contribution >= 0.6 is 0 Å². The van der Waals surface area contributed by atoms with Crippen LogP contribution in [0, 0.1) is 18.8 Å². The van der Waals surface area contributed by atoms with Gasteiger partial charge in [0, 0.05) is 56.4 Å². The van der Waals surface area contributed by atoms with Gasteiger partial charge < -0.3 is 10.2 Å². The zero-order valence-electron chi connectivity index (χ0n) is 21.6. The number of hydrogen-bond donors (Lipinski definition) is 1. The van der Waals surface area contributed by atoms with E-state index in [1.54, 1.807) is 6.20 Å². The zero-order valence-corrected chi connectivity index (χ0v) is 21.6. The molecule has 0 radical (unpaired) electrons. The van der Waals surface area contributed by atoms with Crippen molar-refractivity contribution in [2.24, 2.45) is 0 Å². The number of hydrogen-bond acceptors (Lipinski definition) is 5. The molecule has 0 saturated carbocycles. The van der Waals surface area contributed by atoms with Crippen LogP contribution < -0.4 is 5.32 Å². The van der Waals surface area contributed by atoms with Crippen molar-refractivity contribution >= 4 is 17.2 Å². The Hall–Kier alpha value is -4.20. The summed E-state index contributed by atoms with van der Waals surface area (Å²) >= 11 is 0. The van der Waals surface area contributed by atoms with Gasteiger partial charge in [-0.05, 0) is 61.4 Å². The van der Waals surface area contributed by atoms with Crippen LogP contribution in [0.5, 0.6) is 0 Å². The van der Waals surface area contributed by atoms with Crippen molar-refractivity contribution in [3.05, 3.63) is 94.7 Å². The molecule has 1 saturated heterocycles. The summed E-state index contributed by atoms with van der Waals surface area (Å²) in [4.78, 5) is 25.6. The van der Waals surface area contributed by atoms with Crippen molar-refractivity contribution in [3.8, 4) is 11.8 Å². The minimum Gasteiger partial charge on any atom is -0.321 e. The molecule has 0 spiro atoms. The summed E-state index contributed by atoms with van der Waals surface area (Å²) in [6.07, 6.45) is 0.493. The van der Waals surface area contributed by atoms with E-state index in [0.29, 0.717) is 24.3 Å². The second-order valence-electron chi connectivity index (χ2n) is 9.61. The number of imidazole rings is 1. The Morgan fingerprint density at radius 1 is 1.03 bits per heavy atom. The standard InChI is InChI=1S/C29H27F3N6O/c1-20-17-33-26(15-21(20)7-9-24-18-34-27-5-3-4-10-38(24)27)28(39)35-23-8-6-22(25(16-23)29(30,31)32)19-37-13-11-36(2)12-14-37/h3-6,8,10,15-18H,11-14,19H2,1-2H3,(H,35,39). The quantitative estimate of drug-likeness (QED) is 0.394. The van der Waals surface area contributed by atoms with Crippen LogP contribution in [0.2, 0.25) is 0 Å². The Morgan fingerprint density at radius 2 is 1.82 bits per heavy atom. The summed E-state index contributed by atoms with van der Waals surface area (Å²) in [5.41, 5.74) is 2.33. The van der Waals surface area contributed by atoms with Crippen molar-refractivity contribution in [2.75, 3.05) is 38.5 Å². The zero-order chi connectivity index (χ0) is 27.6. The highest BCUT2D eigenvalue weighted by atomic mass is 19.4. The second-order valence-corrected chi connectivity index (χ2v) is 9.61. The smallest absolute Gasteiger partial charge is 0.321 e. The Labute approximate surface area is 224 Å². The van der Waals surface area contributed by atoms with Crippen LogP contribution in [0.15, 0.2) is 61.1 Å². The number of carbonyl (C=O) groups excluding carboxylic acids is 1. The average molecular weight is 533 g/mol. The van der Waals surface area contributed by atoms with Gasteiger partial charge in [-0.1, -0.05) is 18.1 Å². The van der Waals surface area contributed by atoms with E-state index in [1.807, 2.05) is 47.7 Å². The Bertz CT molecular complexity index is 1580. The molecule has 0 aliphatic carbocycles. The number of halogens is 3. The van der Waals surface area contributed by atoms with Crippen LogP contribution in [-0.4, -0.2) is 63.3 Å². The SMILES string of the molecule is Cc1cnc(C(=O)Nc2ccc(CN3CCN(C)CC3)c(C(F)(F)F)c2)cc1C#Cc1cnc2ccccn12. The molecule has 10 heteroatoms. The van der Waals surface area contributed by atoms with Gasteiger partial charge in [-0.3, -0.25) is 19.1 Å². The van der Waals surface area contributed by atoms with E-state index in [4.69, 9.17) is 0 Å². The lowest BCUT2D eigenvalue weighted by Gasteiger charge is -2.33. The lowest BCUT2D eigenvalue weighted by molar-refractivity contribution is -0.138. The van der Waals surface area contributed by atoms with E-state index in [-0.39, 0.29) is 23.5 Å². The molecule has 4 aromatic rings. The molecule has 1 aromatic carbocycles. The molecule has 200 valence electrons. The first-order valence-corrected chi connectivity index (χ1v) is 12.5. The molecule has 1 fully saturated rings. The number of aryl methyl sites for hydroxylation is 1. The van der Waals surface area contributed by atoms with Crippen LogP contribution in [-0.2, 0) is 12.7 Å². The number of alkyl halides is 3. The fourth-order valence-electron chi connectivity index (χ4n) is 4.44. The number of likely N-dealkylation sites (N-methyl/N-ethyl adjacent to an activating group) is 1. The summed E-state index contributed by atoms with van der Waals surface area (Å²) in [7, 11) is 2.00. The first kappa shape index (κ1) is 26.4. The maximum atomic E-state index is 13.9. The fourth-order valence-corrected chi connectivity index (χ4v) is 4.44. The van der Waals surface area contributed by atoms with Gasteiger partial charge in [0.05, 0.1) is 11.8 Å². The number of piperazine rings is 1. The van der Waals surface area contributed by atoms with Crippen molar-refractivity contribution in [1.82, 2.24) is 24.2 Å². The fraction of sp³-hybridized carbons (Fsp3) is 0.276. The summed E-state index contributed by atoms with van der Waals surface area (Å²) in [5.74, 6) is 5.51. The van der Waals surface area contributed by atoms with Crippen LogP contribution in [0.3, 0.4) is 0 Å². The lowest BCUT2D eigenvalue weighted by Crippen LogP contribution is -2.44. The number of anilines is 1. The van der Waals surface area contributed by atoms with Gasteiger partial charge in [0.1, 0.15) is 17.0 Å². The van der Waals surface area contributed by atoms with Gasteiger partial charge in [-0.2, -0.15) is 13.2 Å². The highest BCUT2D eigenvalue weighted by Gasteiger charge is 2.34. The van der Waals surface area contributed by atoms with Gasteiger partial charge in [0.2, 0.25) is 0 Å². The number of rotatable bonds is 4. The molecule has 1 amide bonds. The third kappa shape index (κ3) is 6.11. The molecule has 0 atom stereocenters. The summed E-state index contributed by atoms with van der Waals surface area (Å²) in [6, 6.07) is 11.1. The summed E-state index contributed by atoms with van der Waals surface area (Å²) < 4.78 is 43.6. The number of nitrogens with zero attached hydrogens (tertiary/aromatic N) is 5. The van der Waals surface area contributed by atoms with Gasteiger partial charge in [-0.25, -0.2) is 4.98 Å². The number of nitrogens with one attached hydrogen (secondary N) is 1. The average Bonchev–Trinajstić information content (AvgIpc) is 3.33. The molecule has 7 nitrogen and oxygen atoms in total. The van der Waals surface area contributed by atoms with Crippen molar-refractivity contribution in [3.63, 3.8) is 0 Å². The normalized spacial score (nSPS) is 14.7. The Kier molecular flexibility index (Phi) is 7.37. The Balaban J connectivity index is 1.35. The van der Waals surface area contributed by atoms with E-state index in [1.165, 1.54) is 24.4 Å².